The van der Waals surface area contributed by atoms with Crippen LogP contribution in [-0.2, 0) is 11.3 Å². The SMILES string of the molecule is N#Cc1cn(CC(=O)O)n2ccnc12. The van der Waals surface area contributed by atoms with E-state index < -0.39 is 5.97 Å². The van der Waals surface area contributed by atoms with E-state index in [9.17, 15) is 4.79 Å². The zero-order valence-electron chi connectivity index (χ0n) is 7.08. The number of carboxylic acid groups (broad SMARTS) is 1. The summed E-state index contributed by atoms with van der Waals surface area (Å²) in [6.45, 7) is -0.186. The van der Waals surface area contributed by atoms with Crippen LogP contribution in [0.15, 0.2) is 18.6 Å². The predicted octanol–water partition coefficient (Wildman–Crippen LogP) is 0.0921. The number of imidazole rings is 1. The Kier molecular flexibility index (Phi) is 1.71. The van der Waals surface area contributed by atoms with Crippen LogP contribution < -0.4 is 0 Å². The number of rotatable bonds is 2. The van der Waals surface area contributed by atoms with E-state index >= 15 is 0 Å². The molecule has 2 rings (SSSR count). The summed E-state index contributed by atoms with van der Waals surface area (Å²) < 4.78 is 2.95. The fourth-order valence-electron chi connectivity index (χ4n) is 1.31. The van der Waals surface area contributed by atoms with Crippen molar-refractivity contribution < 1.29 is 9.90 Å². The standard InChI is InChI=1S/C8H6N4O2/c9-3-6-4-11(5-7(13)14)12-2-1-10-8(6)12/h1-2,4H,5H2,(H,13,14). The summed E-state index contributed by atoms with van der Waals surface area (Å²) in [6.07, 6.45) is 4.60. The molecule has 2 aromatic heterocycles. The second kappa shape index (κ2) is 2.88. The minimum atomic E-state index is -0.958. The fraction of sp³-hybridized carbons (Fsp3) is 0.125. The molecule has 0 saturated heterocycles. The molecule has 0 aliphatic rings. The average molecular weight is 190 g/mol. The molecule has 70 valence electrons. The first kappa shape index (κ1) is 8.31. The second-order valence-corrected chi connectivity index (χ2v) is 2.74. The number of aliphatic carboxylic acids is 1. The van der Waals surface area contributed by atoms with Crippen LogP contribution in [0, 0.1) is 11.3 Å². The molecule has 0 aliphatic heterocycles. The smallest absolute Gasteiger partial charge is 0.325 e. The first-order valence-electron chi connectivity index (χ1n) is 3.86. The number of carboxylic acids is 1. The maximum Gasteiger partial charge on any atom is 0.325 e. The fourth-order valence-corrected chi connectivity index (χ4v) is 1.31. The Balaban J connectivity index is 2.60. The van der Waals surface area contributed by atoms with Crippen LogP contribution in [0.2, 0.25) is 0 Å². The van der Waals surface area contributed by atoms with Gasteiger partial charge in [0.25, 0.3) is 0 Å². The van der Waals surface area contributed by atoms with Crippen LogP contribution in [0.4, 0.5) is 0 Å². The zero-order valence-corrected chi connectivity index (χ0v) is 7.08. The lowest BCUT2D eigenvalue weighted by molar-refractivity contribution is -0.137. The summed E-state index contributed by atoms with van der Waals surface area (Å²) in [5, 5.41) is 17.3. The van der Waals surface area contributed by atoms with Crippen molar-refractivity contribution in [2.24, 2.45) is 0 Å². The third kappa shape index (κ3) is 1.11. The van der Waals surface area contributed by atoms with E-state index in [1.807, 2.05) is 6.07 Å². The molecule has 0 bridgehead atoms. The highest BCUT2D eigenvalue weighted by molar-refractivity contribution is 5.67. The topological polar surface area (TPSA) is 83.3 Å². The maximum absolute atomic E-state index is 10.5. The first-order valence-corrected chi connectivity index (χ1v) is 3.86. The zero-order chi connectivity index (χ0) is 10.1. The molecule has 0 aromatic carbocycles. The quantitative estimate of drug-likeness (QED) is 0.727. The van der Waals surface area contributed by atoms with Crippen molar-refractivity contribution >= 4 is 11.6 Å². The predicted molar refractivity (Wildman–Crippen MR) is 45.5 cm³/mol. The van der Waals surface area contributed by atoms with Gasteiger partial charge in [-0.2, -0.15) is 5.26 Å². The van der Waals surface area contributed by atoms with Gasteiger partial charge in [0.05, 0.1) is 0 Å². The van der Waals surface area contributed by atoms with Gasteiger partial charge in [0, 0.05) is 18.6 Å². The van der Waals surface area contributed by atoms with Crippen LogP contribution in [0.5, 0.6) is 0 Å². The Morgan fingerprint density at radius 3 is 3.14 bits per heavy atom. The maximum atomic E-state index is 10.5. The summed E-state index contributed by atoms with van der Waals surface area (Å²) in [4.78, 5) is 14.4. The van der Waals surface area contributed by atoms with Crippen LogP contribution in [0.3, 0.4) is 0 Å². The molecule has 2 heterocycles. The molecular formula is C8H6N4O2. The molecule has 0 aliphatic carbocycles. The summed E-state index contributed by atoms with van der Waals surface area (Å²) in [6, 6.07) is 1.95. The largest absolute Gasteiger partial charge is 0.480 e. The van der Waals surface area contributed by atoms with Gasteiger partial charge < -0.3 is 5.11 Å². The van der Waals surface area contributed by atoms with Crippen molar-refractivity contribution in [3.63, 3.8) is 0 Å². The van der Waals surface area contributed by atoms with E-state index in [2.05, 4.69) is 4.98 Å². The Hall–Kier alpha value is -2.29. The first-order chi connectivity index (χ1) is 6.72. The lowest BCUT2D eigenvalue weighted by Gasteiger charge is -1.98. The third-order valence-electron chi connectivity index (χ3n) is 1.84. The minimum Gasteiger partial charge on any atom is -0.480 e. The van der Waals surface area contributed by atoms with Crippen LogP contribution in [0.1, 0.15) is 5.56 Å². The monoisotopic (exact) mass is 190 g/mol. The summed E-state index contributed by atoms with van der Waals surface area (Å²) in [5.41, 5.74) is 0.852. The van der Waals surface area contributed by atoms with Crippen molar-refractivity contribution in [3.8, 4) is 6.07 Å². The molecule has 1 N–H and O–H groups in total. The van der Waals surface area contributed by atoms with E-state index in [4.69, 9.17) is 10.4 Å². The number of carbonyl (C=O) groups is 1. The van der Waals surface area contributed by atoms with Gasteiger partial charge >= 0.3 is 5.97 Å². The lowest BCUT2D eigenvalue weighted by atomic mass is 10.4. The van der Waals surface area contributed by atoms with E-state index in [1.165, 1.54) is 21.6 Å². The van der Waals surface area contributed by atoms with Gasteiger partial charge in [0.1, 0.15) is 18.2 Å². The molecule has 2 aromatic rings. The van der Waals surface area contributed by atoms with Crippen LogP contribution in [-0.4, -0.2) is 25.3 Å². The van der Waals surface area contributed by atoms with Crippen LogP contribution in [0.25, 0.3) is 5.65 Å². The van der Waals surface area contributed by atoms with Gasteiger partial charge in [-0.3, -0.25) is 9.48 Å². The lowest BCUT2D eigenvalue weighted by Crippen LogP contribution is -2.11. The molecule has 0 saturated carbocycles. The molecule has 0 unspecified atom stereocenters. The molecule has 0 fully saturated rings. The summed E-state index contributed by atoms with van der Waals surface area (Å²) in [5.74, 6) is -0.958. The van der Waals surface area contributed by atoms with Gasteiger partial charge in [-0.1, -0.05) is 0 Å². The number of fused-ring (bicyclic) bond motifs is 1. The van der Waals surface area contributed by atoms with Crippen molar-refractivity contribution in [1.82, 2.24) is 14.2 Å². The minimum absolute atomic E-state index is 0.186. The number of aromatic nitrogens is 3. The Labute approximate surface area is 78.6 Å². The van der Waals surface area contributed by atoms with Gasteiger partial charge in [0.2, 0.25) is 0 Å². The van der Waals surface area contributed by atoms with Crippen molar-refractivity contribution in [2.75, 3.05) is 0 Å². The van der Waals surface area contributed by atoms with E-state index in [1.54, 1.807) is 6.20 Å². The van der Waals surface area contributed by atoms with Crippen molar-refractivity contribution in [1.29, 1.82) is 5.26 Å². The third-order valence-corrected chi connectivity index (χ3v) is 1.84. The highest BCUT2D eigenvalue weighted by Gasteiger charge is 2.10. The van der Waals surface area contributed by atoms with E-state index in [0.29, 0.717) is 11.2 Å². The van der Waals surface area contributed by atoms with Crippen molar-refractivity contribution in [3.05, 3.63) is 24.2 Å². The number of nitriles is 1. The molecule has 0 amide bonds. The average Bonchev–Trinajstić information content (AvgIpc) is 2.67. The van der Waals surface area contributed by atoms with Gasteiger partial charge in [-0.25, -0.2) is 9.50 Å². The van der Waals surface area contributed by atoms with Crippen molar-refractivity contribution in [2.45, 2.75) is 6.54 Å². The number of hydrogen-bond donors (Lipinski definition) is 1. The second-order valence-electron chi connectivity index (χ2n) is 2.74. The summed E-state index contributed by atoms with van der Waals surface area (Å²) in [7, 11) is 0. The summed E-state index contributed by atoms with van der Waals surface area (Å²) >= 11 is 0. The normalized spacial score (nSPS) is 10.2. The van der Waals surface area contributed by atoms with Crippen LogP contribution >= 0.6 is 0 Å². The number of nitrogens with zero attached hydrogens (tertiary/aromatic N) is 4. The van der Waals surface area contributed by atoms with Gasteiger partial charge in [-0.15, -0.1) is 0 Å². The Morgan fingerprint density at radius 1 is 1.71 bits per heavy atom. The highest BCUT2D eigenvalue weighted by Crippen LogP contribution is 2.09. The van der Waals surface area contributed by atoms with E-state index in [-0.39, 0.29) is 6.54 Å². The van der Waals surface area contributed by atoms with E-state index in [0.717, 1.165) is 0 Å². The molecule has 14 heavy (non-hydrogen) atoms. The molecule has 6 nitrogen and oxygen atoms in total. The Morgan fingerprint density at radius 2 is 2.50 bits per heavy atom. The highest BCUT2D eigenvalue weighted by atomic mass is 16.4. The van der Waals surface area contributed by atoms with Gasteiger partial charge in [0.15, 0.2) is 5.65 Å². The molecule has 0 atom stereocenters. The molecule has 0 spiro atoms. The number of hydrogen-bond acceptors (Lipinski definition) is 3. The molecule has 0 radical (unpaired) electrons. The van der Waals surface area contributed by atoms with Gasteiger partial charge in [-0.05, 0) is 0 Å². The molecule has 6 heteroatoms. The molecular weight excluding hydrogens is 184 g/mol. The Bertz CT molecular complexity index is 531.